The van der Waals surface area contributed by atoms with Gasteiger partial charge < -0.3 is 5.11 Å². The summed E-state index contributed by atoms with van der Waals surface area (Å²) in [6.45, 7) is 11.7. The lowest BCUT2D eigenvalue weighted by atomic mass is 9.68. The fourth-order valence-electron chi connectivity index (χ4n) is 2.33. The first kappa shape index (κ1) is 15.0. The van der Waals surface area contributed by atoms with E-state index in [4.69, 9.17) is 0 Å². The number of aliphatic hydroxyl groups excluding tert-OH is 1. The first-order valence-corrected chi connectivity index (χ1v) is 6.56. The minimum atomic E-state index is 0.176. The van der Waals surface area contributed by atoms with Crippen LogP contribution in [0.3, 0.4) is 0 Å². The van der Waals surface area contributed by atoms with E-state index >= 15 is 0 Å². The summed E-state index contributed by atoms with van der Waals surface area (Å²) in [5.41, 5.74) is 0.544. The fourth-order valence-corrected chi connectivity index (χ4v) is 2.33. The molecule has 0 aliphatic heterocycles. The predicted octanol–water partition coefficient (Wildman–Crippen LogP) is 4.39. The van der Waals surface area contributed by atoms with Gasteiger partial charge in [-0.25, -0.2) is 0 Å². The third-order valence-corrected chi connectivity index (χ3v) is 3.96. The third kappa shape index (κ3) is 5.01. The van der Waals surface area contributed by atoms with E-state index in [2.05, 4.69) is 34.6 Å². The van der Waals surface area contributed by atoms with Gasteiger partial charge in [0.1, 0.15) is 0 Å². The molecule has 0 aliphatic carbocycles. The Morgan fingerprint density at radius 3 is 1.93 bits per heavy atom. The summed E-state index contributed by atoms with van der Waals surface area (Å²) in [4.78, 5) is 0. The molecule has 0 saturated heterocycles. The molecule has 0 aliphatic rings. The highest BCUT2D eigenvalue weighted by molar-refractivity contribution is 4.83. The molecule has 1 nitrogen and oxygen atoms in total. The second kappa shape index (κ2) is 6.52. The zero-order valence-corrected chi connectivity index (χ0v) is 11.4. The van der Waals surface area contributed by atoms with Gasteiger partial charge in [-0.1, -0.05) is 53.9 Å². The van der Waals surface area contributed by atoms with Crippen LogP contribution in [-0.2, 0) is 0 Å². The van der Waals surface area contributed by atoms with Gasteiger partial charge in [-0.15, -0.1) is 0 Å². The van der Waals surface area contributed by atoms with E-state index in [1.807, 2.05) is 0 Å². The zero-order chi connectivity index (χ0) is 11.9. The van der Waals surface area contributed by atoms with Gasteiger partial charge in [-0.2, -0.15) is 0 Å². The van der Waals surface area contributed by atoms with Crippen LogP contribution in [0.4, 0.5) is 0 Å². The molecular weight excluding hydrogens is 184 g/mol. The molecule has 1 atom stereocenters. The minimum Gasteiger partial charge on any atom is -0.396 e. The molecule has 92 valence electrons. The standard InChI is InChI=1S/C14H30O/c1-6-9-10-14(8-3,12-15)11-13(4,5)7-2/h15H,6-12H2,1-5H3. The van der Waals surface area contributed by atoms with E-state index in [0.29, 0.717) is 12.0 Å². The summed E-state index contributed by atoms with van der Waals surface area (Å²) >= 11 is 0. The Hall–Kier alpha value is -0.0400. The smallest absolute Gasteiger partial charge is 0.0487 e. The molecular formula is C14H30O. The molecule has 0 aromatic rings. The van der Waals surface area contributed by atoms with E-state index in [-0.39, 0.29) is 5.41 Å². The van der Waals surface area contributed by atoms with Crippen LogP contribution < -0.4 is 0 Å². The van der Waals surface area contributed by atoms with Crippen LogP contribution in [0.5, 0.6) is 0 Å². The van der Waals surface area contributed by atoms with Crippen molar-refractivity contribution >= 4 is 0 Å². The van der Waals surface area contributed by atoms with Gasteiger partial charge in [0.15, 0.2) is 0 Å². The van der Waals surface area contributed by atoms with Crippen molar-refractivity contribution in [2.45, 2.75) is 73.1 Å². The van der Waals surface area contributed by atoms with Crippen molar-refractivity contribution in [2.24, 2.45) is 10.8 Å². The van der Waals surface area contributed by atoms with Gasteiger partial charge in [-0.3, -0.25) is 0 Å². The summed E-state index contributed by atoms with van der Waals surface area (Å²) in [7, 11) is 0. The van der Waals surface area contributed by atoms with Crippen LogP contribution in [0.2, 0.25) is 0 Å². The third-order valence-electron chi connectivity index (χ3n) is 3.96. The fraction of sp³-hybridized carbons (Fsp3) is 1.00. The predicted molar refractivity (Wildman–Crippen MR) is 68.0 cm³/mol. The van der Waals surface area contributed by atoms with Gasteiger partial charge in [0, 0.05) is 6.61 Å². The average Bonchev–Trinajstić information content (AvgIpc) is 2.24. The molecule has 0 heterocycles. The molecule has 0 radical (unpaired) electrons. The Morgan fingerprint density at radius 1 is 1.00 bits per heavy atom. The summed E-state index contributed by atoms with van der Waals surface area (Å²) in [5, 5.41) is 9.66. The Morgan fingerprint density at radius 2 is 1.60 bits per heavy atom. The highest BCUT2D eigenvalue weighted by Crippen LogP contribution is 2.41. The molecule has 0 amide bonds. The molecule has 1 N–H and O–H groups in total. The van der Waals surface area contributed by atoms with E-state index < -0.39 is 0 Å². The van der Waals surface area contributed by atoms with Crippen LogP contribution in [0.15, 0.2) is 0 Å². The maximum Gasteiger partial charge on any atom is 0.0487 e. The number of aliphatic hydroxyl groups is 1. The van der Waals surface area contributed by atoms with E-state index in [1.165, 1.54) is 25.7 Å². The SMILES string of the molecule is CCCCC(CC)(CO)CC(C)(C)CC. The van der Waals surface area contributed by atoms with Gasteiger partial charge in [0.05, 0.1) is 0 Å². The van der Waals surface area contributed by atoms with Crippen molar-refractivity contribution < 1.29 is 5.11 Å². The first-order valence-electron chi connectivity index (χ1n) is 6.56. The van der Waals surface area contributed by atoms with Crippen LogP contribution in [0.1, 0.15) is 73.1 Å². The monoisotopic (exact) mass is 214 g/mol. The topological polar surface area (TPSA) is 20.2 Å². The maximum absolute atomic E-state index is 9.66. The highest BCUT2D eigenvalue weighted by atomic mass is 16.3. The van der Waals surface area contributed by atoms with Gasteiger partial charge >= 0.3 is 0 Å². The molecule has 0 aromatic carbocycles. The molecule has 0 aromatic heterocycles. The lowest BCUT2D eigenvalue weighted by Crippen LogP contribution is -2.31. The van der Waals surface area contributed by atoms with Crippen molar-refractivity contribution in [1.82, 2.24) is 0 Å². The van der Waals surface area contributed by atoms with Crippen molar-refractivity contribution in [2.75, 3.05) is 6.61 Å². The second-order valence-corrected chi connectivity index (χ2v) is 5.81. The maximum atomic E-state index is 9.66. The largest absolute Gasteiger partial charge is 0.396 e. The van der Waals surface area contributed by atoms with Crippen LogP contribution in [0.25, 0.3) is 0 Å². The molecule has 0 rings (SSSR count). The quantitative estimate of drug-likeness (QED) is 0.635. The van der Waals surface area contributed by atoms with Gasteiger partial charge in [0.25, 0.3) is 0 Å². The van der Waals surface area contributed by atoms with Crippen molar-refractivity contribution in [1.29, 1.82) is 0 Å². The molecule has 0 saturated carbocycles. The molecule has 0 fully saturated rings. The van der Waals surface area contributed by atoms with Crippen molar-refractivity contribution in [3.8, 4) is 0 Å². The Bertz CT molecular complexity index is 157. The molecule has 1 unspecified atom stereocenters. The summed E-state index contributed by atoms with van der Waals surface area (Å²) in [6.07, 6.45) is 7.11. The normalized spacial score (nSPS) is 16.4. The van der Waals surface area contributed by atoms with E-state index in [9.17, 15) is 5.11 Å². The van der Waals surface area contributed by atoms with Crippen molar-refractivity contribution in [3.63, 3.8) is 0 Å². The number of rotatable bonds is 8. The summed E-state index contributed by atoms with van der Waals surface area (Å²) in [6, 6.07) is 0. The minimum absolute atomic E-state index is 0.176. The van der Waals surface area contributed by atoms with Gasteiger partial charge in [0.2, 0.25) is 0 Å². The van der Waals surface area contributed by atoms with Crippen LogP contribution in [-0.4, -0.2) is 11.7 Å². The first-order chi connectivity index (χ1) is 6.95. The van der Waals surface area contributed by atoms with Gasteiger partial charge in [-0.05, 0) is 30.1 Å². The van der Waals surface area contributed by atoms with Crippen molar-refractivity contribution in [3.05, 3.63) is 0 Å². The molecule has 15 heavy (non-hydrogen) atoms. The summed E-state index contributed by atoms with van der Waals surface area (Å²) in [5.74, 6) is 0. The van der Waals surface area contributed by atoms with Crippen LogP contribution >= 0.6 is 0 Å². The van der Waals surface area contributed by atoms with Crippen LogP contribution in [0, 0.1) is 10.8 Å². The molecule has 1 heteroatoms. The van der Waals surface area contributed by atoms with E-state index in [1.54, 1.807) is 0 Å². The molecule has 0 bridgehead atoms. The Balaban J connectivity index is 4.48. The second-order valence-electron chi connectivity index (χ2n) is 5.81. The molecule has 0 spiro atoms. The number of hydrogen-bond acceptors (Lipinski definition) is 1. The zero-order valence-electron chi connectivity index (χ0n) is 11.4. The number of unbranched alkanes of at least 4 members (excludes halogenated alkanes) is 1. The Kier molecular flexibility index (Phi) is 6.51. The van der Waals surface area contributed by atoms with E-state index in [0.717, 1.165) is 12.8 Å². The Labute approximate surface area is 96.3 Å². The summed E-state index contributed by atoms with van der Waals surface area (Å²) < 4.78 is 0. The number of hydrogen-bond donors (Lipinski definition) is 1. The lowest BCUT2D eigenvalue weighted by molar-refractivity contribution is 0.0549. The highest BCUT2D eigenvalue weighted by Gasteiger charge is 2.33. The average molecular weight is 214 g/mol. The lowest BCUT2D eigenvalue weighted by Gasteiger charge is -2.38.